The molecule has 0 radical (unpaired) electrons. The van der Waals surface area contributed by atoms with Crippen molar-refractivity contribution in [2.45, 2.75) is 52.1 Å². The van der Waals surface area contributed by atoms with Crippen molar-refractivity contribution in [3.63, 3.8) is 0 Å². The van der Waals surface area contributed by atoms with E-state index in [0.717, 1.165) is 61.4 Å². The highest BCUT2D eigenvalue weighted by atomic mass is 35.5. The van der Waals surface area contributed by atoms with Gasteiger partial charge in [-0.1, -0.05) is 73.5 Å². The van der Waals surface area contributed by atoms with E-state index in [-0.39, 0.29) is 5.78 Å². The SMILES string of the molecule is CCCCC(=O)Cc1nc2c(c(-c3ccccc3Cl)n1)CN(Cc1ccccc1)CC2. The second-order valence-corrected chi connectivity index (χ2v) is 8.57. The summed E-state index contributed by atoms with van der Waals surface area (Å²) in [6.07, 6.45) is 3.65. The molecule has 0 saturated heterocycles. The molecule has 0 fully saturated rings. The topological polar surface area (TPSA) is 46.1 Å². The van der Waals surface area contributed by atoms with Gasteiger partial charge in [-0.25, -0.2) is 9.97 Å². The molecule has 1 aromatic heterocycles. The van der Waals surface area contributed by atoms with E-state index < -0.39 is 0 Å². The summed E-state index contributed by atoms with van der Waals surface area (Å²) in [6.45, 7) is 4.69. The Morgan fingerprint density at radius 1 is 1.06 bits per heavy atom. The standard InChI is InChI=1S/C26H28ClN3O/c1-2-3-11-20(31)16-25-28-24-14-15-30(17-19-9-5-4-6-10-19)18-22(24)26(29-25)21-12-7-8-13-23(21)27/h4-10,12-13H,2-3,11,14-18H2,1H3. The lowest BCUT2D eigenvalue weighted by molar-refractivity contribution is -0.118. The van der Waals surface area contributed by atoms with Crippen molar-refractivity contribution in [3.8, 4) is 11.3 Å². The molecule has 0 saturated carbocycles. The number of benzene rings is 2. The lowest BCUT2D eigenvalue weighted by atomic mass is 9.98. The predicted molar refractivity (Wildman–Crippen MR) is 125 cm³/mol. The average molecular weight is 434 g/mol. The van der Waals surface area contributed by atoms with Gasteiger partial charge >= 0.3 is 0 Å². The maximum absolute atomic E-state index is 12.4. The number of ketones is 1. The summed E-state index contributed by atoms with van der Waals surface area (Å²) in [7, 11) is 0. The van der Waals surface area contributed by atoms with Gasteiger partial charge in [0.15, 0.2) is 0 Å². The Labute approximate surface area is 189 Å². The Morgan fingerprint density at radius 2 is 1.84 bits per heavy atom. The Bertz CT molecular complexity index is 1050. The molecule has 3 aromatic rings. The van der Waals surface area contributed by atoms with Gasteiger partial charge in [-0.2, -0.15) is 0 Å². The molecule has 0 N–H and O–H groups in total. The maximum atomic E-state index is 12.4. The van der Waals surface area contributed by atoms with Crippen LogP contribution in [0.3, 0.4) is 0 Å². The monoisotopic (exact) mass is 433 g/mol. The minimum Gasteiger partial charge on any atom is -0.299 e. The van der Waals surface area contributed by atoms with Crippen LogP contribution in [-0.4, -0.2) is 27.2 Å². The van der Waals surface area contributed by atoms with Crippen molar-refractivity contribution in [1.29, 1.82) is 0 Å². The van der Waals surface area contributed by atoms with Gasteiger partial charge in [-0.05, 0) is 18.1 Å². The summed E-state index contributed by atoms with van der Waals surface area (Å²) in [5.41, 5.74) is 5.25. The predicted octanol–water partition coefficient (Wildman–Crippen LogP) is 5.66. The number of hydrogen-bond acceptors (Lipinski definition) is 4. The number of aromatic nitrogens is 2. The molecule has 2 heterocycles. The molecule has 4 nitrogen and oxygen atoms in total. The number of fused-ring (bicyclic) bond motifs is 1. The average Bonchev–Trinajstić information content (AvgIpc) is 2.78. The highest BCUT2D eigenvalue weighted by Gasteiger charge is 2.24. The molecule has 0 bridgehead atoms. The molecule has 31 heavy (non-hydrogen) atoms. The lowest BCUT2D eigenvalue weighted by Crippen LogP contribution is -2.32. The first-order valence-corrected chi connectivity index (χ1v) is 11.4. The largest absolute Gasteiger partial charge is 0.299 e. The minimum atomic E-state index is 0.202. The van der Waals surface area contributed by atoms with E-state index in [1.807, 2.05) is 30.3 Å². The van der Waals surface area contributed by atoms with Crippen LogP contribution >= 0.6 is 11.6 Å². The number of hydrogen-bond donors (Lipinski definition) is 0. The molecule has 5 heteroatoms. The summed E-state index contributed by atoms with van der Waals surface area (Å²) in [4.78, 5) is 24.5. The fraction of sp³-hybridized carbons (Fsp3) is 0.346. The van der Waals surface area contributed by atoms with E-state index in [1.54, 1.807) is 0 Å². The Balaban J connectivity index is 1.66. The Kier molecular flexibility index (Phi) is 7.10. The highest BCUT2D eigenvalue weighted by Crippen LogP contribution is 2.33. The van der Waals surface area contributed by atoms with Gasteiger partial charge < -0.3 is 0 Å². The summed E-state index contributed by atoms with van der Waals surface area (Å²) >= 11 is 6.55. The number of halogens is 1. The minimum absolute atomic E-state index is 0.202. The van der Waals surface area contributed by atoms with Gasteiger partial charge in [-0.15, -0.1) is 0 Å². The Morgan fingerprint density at radius 3 is 2.61 bits per heavy atom. The van der Waals surface area contributed by atoms with Gasteiger partial charge in [-0.3, -0.25) is 9.69 Å². The number of carbonyl (C=O) groups is 1. The first kappa shape index (κ1) is 21.7. The van der Waals surface area contributed by atoms with Crippen molar-refractivity contribution < 1.29 is 4.79 Å². The van der Waals surface area contributed by atoms with E-state index in [1.165, 1.54) is 5.56 Å². The molecule has 4 rings (SSSR count). The third kappa shape index (κ3) is 5.38. The van der Waals surface area contributed by atoms with Crippen molar-refractivity contribution in [2.75, 3.05) is 6.54 Å². The van der Waals surface area contributed by atoms with Gasteiger partial charge in [0.05, 0.1) is 17.8 Å². The first-order chi connectivity index (χ1) is 15.1. The van der Waals surface area contributed by atoms with Crippen LogP contribution in [0.5, 0.6) is 0 Å². The summed E-state index contributed by atoms with van der Waals surface area (Å²) in [5, 5.41) is 0.673. The van der Waals surface area contributed by atoms with E-state index in [2.05, 4.69) is 36.1 Å². The smallest absolute Gasteiger partial charge is 0.140 e. The number of Topliss-reactive ketones (excluding diaryl/α,β-unsaturated/α-hetero) is 1. The third-order valence-electron chi connectivity index (χ3n) is 5.73. The second-order valence-electron chi connectivity index (χ2n) is 8.16. The zero-order valence-electron chi connectivity index (χ0n) is 18.0. The molecule has 0 unspecified atom stereocenters. The molecular formula is C26H28ClN3O. The Hall–Kier alpha value is -2.56. The van der Waals surface area contributed by atoms with Crippen LogP contribution < -0.4 is 0 Å². The van der Waals surface area contributed by atoms with Gasteiger partial charge in [0.25, 0.3) is 0 Å². The van der Waals surface area contributed by atoms with Gasteiger partial charge in [0, 0.05) is 48.6 Å². The normalized spacial score (nSPS) is 13.7. The molecular weight excluding hydrogens is 406 g/mol. The highest BCUT2D eigenvalue weighted by molar-refractivity contribution is 6.33. The molecule has 0 amide bonds. The van der Waals surface area contributed by atoms with Crippen LogP contribution in [0.1, 0.15) is 48.8 Å². The van der Waals surface area contributed by atoms with Gasteiger partial charge in [0.1, 0.15) is 11.6 Å². The van der Waals surface area contributed by atoms with E-state index in [0.29, 0.717) is 23.7 Å². The molecule has 160 valence electrons. The summed E-state index contributed by atoms with van der Waals surface area (Å²) in [6, 6.07) is 18.3. The molecule has 1 aliphatic rings. The molecule has 1 aliphatic heterocycles. The lowest BCUT2D eigenvalue weighted by Gasteiger charge is -2.30. The van der Waals surface area contributed by atoms with Crippen LogP contribution in [-0.2, 0) is 30.7 Å². The summed E-state index contributed by atoms with van der Waals surface area (Å²) < 4.78 is 0. The van der Waals surface area contributed by atoms with Crippen molar-refractivity contribution in [2.24, 2.45) is 0 Å². The van der Waals surface area contributed by atoms with E-state index in [9.17, 15) is 4.79 Å². The number of nitrogens with zero attached hydrogens (tertiary/aromatic N) is 3. The molecule has 0 atom stereocenters. The summed E-state index contributed by atoms with van der Waals surface area (Å²) in [5.74, 6) is 0.819. The molecule has 0 spiro atoms. The van der Waals surface area contributed by atoms with Crippen LogP contribution in [0.4, 0.5) is 0 Å². The van der Waals surface area contributed by atoms with Crippen LogP contribution in [0, 0.1) is 0 Å². The number of unbranched alkanes of at least 4 members (excludes halogenated alkanes) is 1. The fourth-order valence-electron chi connectivity index (χ4n) is 4.09. The first-order valence-electron chi connectivity index (χ1n) is 11.1. The second kappa shape index (κ2) is 10.2. The van der Waals surface area contributed by atoms with E-state index >= 15 is 0 Å². The van der Waals surface area contributed by atoms with E-state index in [4.69, 9.17) is 21.6 Å². The van der Waals surface area contributed by atoms with Crippen molar-refractivity contribution >= 4 is 17.4 Å². The van der Waals surface area contributed by atoms with Crippen molar-refractivity contribution in [3.05, 3.63) is 82.3 Å². The van der Waals surface area contributed by atoms with Crippen LogP contribution in [0.2, 0.25) is 5.02 Å². The number of rotatable bonds is 8. The third-order valence-corrected chi connectivity index (χ3v) is 6.06. The quantitative estimate of drug-likeness (QED) is 0.460. The van der Waals surface area contributed by atoms with Crippen LogP contribution in [0.15, 0.2) is 54.6 Å². The zero-order chi connectivity index (χ0) is 21.6. The maximum Gasteiger partial charge on any atom is 0.140 e. The molecule has 0 aliphatic carbocycles. The van der Waals surface area contributed by atoms with Crippen LogP contribution in [0.25, 0.3) is 11.3 Å². The van der Waals surface area contributed by atoms with Crippen molar-refractivity contribution in [1.82, 2.24) is 14.9 Å². The van der Waals surface area contributed by atoms with Gasteiger partial charge in [0.2, 0.25) is 0 Å². The zero-order valence-corrected chi connectivity index (χ0v) is 18.7. The fourth-order valence-corrected chi connectivity index (χ4v) is 4.32. The number of carbonyl (C=O) groups excluding carboxylic acids is 1. The molecule has 2 aromatic carbocycles.